The van der Waals surface area contributed by atoms with Crippen LogP contribution in [0, 0.1) is 13.8 Å². The molecule has 0 amide bonds. The second-order valence-corrected chi connectivity index (χ2v) is 5.51. The van der Waals surface area contributed by atoms with E-state index in [0.29, 0.717) is 16.5 Å². The molecule has 2 N–H and O–H groups in total. The molecule has 19 heavy (non-hydrogen) atoms. The quantitative estimate of drug-likeness (QED) is 0.919. The van der Waals surface area contributed by atoms with Gasteiger partial charge in [-0.05, 0) is 55.7 Å². The Bertz CT molecular complexity index is 556. The molecule has 0 radical (unpaired) electrons. The molecule has 0 saturated heterocycles. The van der Waals surface area contributed by atoms with Gasteiger partial charge < -0.3 is 5.73 Å². The molecular weight excluding hydrogens is 279 g/mol. The first-order valence-electron chi connectivity index (χ1n) is 6.11. The number of aromatic nitrogens is 1. The van der Waals surface area contributed by atoms with Crippen LogP contribution in [-0.2, 0) is 6.42 Å². The van der Waals surface area contributed by atoms with Gasteiger partial charge in [0.05, 0.1) is 0 Å². The number of benzene rings is 1. The maximum atomic E-state index is 6.26. The molecular formula is C15H16Cl2N2. The van der Waals surface area contributed by atoms with Crippen molar-refractivity contribution < 1.29 is 0 Å². The first-order chi connectivity index (χ1) is 8.97. The molecule has 2 aromatic rings. The van der Waals surface area contributed by atoms with Crippen LogP contribution in [0.1, 0.15) is 28.6 Å². The van der Waals surface area contributed by atoms with Gasteiger partial charge in [0, 0.05) is 27.5 Å². The summed E-state index contributed by atoms with van der Waals surface area (Å²) in [6.07, 6.45) is 0.612. The Hall–Kier alpha value is -1.09. The zero-order chi connectivity index (χ0) is 14.0. The van der Waals surface area contributed by atoms with E-state index in [4.69, 9.17) is 28.9 Å². The van der Waals surface area contributed by atoms with E-state index in [1.807, 2.05) is 44.2 Å². The summed E-state index contributed by atoms with van der Waals surface area (Å²) in [5, 5.41) is 1.32. The van der Waals surface area contributed by atoms with E-state index >= 15 is 0 Å². The fourth-order valence-electron chi connectivity index (χ4n) is 2.15. The van der Waals surface area contributed by atoms with Crippen LogP contribution in [0.2, 0.25) is 10.0 Å². The molecule has 1 atom stereocenters. The van der Waals surface area contributed by atoms with Gasteiger partial charge in [0.1, 0.15) is 0 Å². The monoisotopic (exact) mass is 294 g/mol. The van der Waals surface area contributed by atoms with Crippen LogP contribution >= 0.6 is 23.2 Å². The average Bonchev–Trinajstić information content (AvgIpc) is 2.32. The van der Waals surface area contributed by atoms with Crippen LogP contribution in [0.15, 0.2) is 30.3 Å². The van der Waals surface area contributed by atoms with E-state index in [1.54, 1.807) is 0 Å². The third-order valence-electron chi connectivity index (χ3n) is 3.02. The lowest BCUT2D eigenvalue weighted by atomic mass is 9.99. The van der Waals surface area contributed by atoms with Crippen molar-refractivity contribution in [2.45, 2.75) is 26.3 Å². The Balaban J connectivity index is 2.28. The predicted octanol–water partition coefficient (Wildman–Crippen LogP) is 4.25. The largest absolute Gasteiger partial charge is 0.324 e. The summed E-state index contributed by atoms with van der Waals surface area (Å²) in [6, 6.07) is 9.36. The Morgan fingerprint density at radius 3 is 2.16 bits per heavy atom. The molecule has 2 nitrogen and oxygen atoms in total. The number of nitrogens with zero attached hydrogens (tertiary/aromatic N) is 1. The summed E-state index contributed by atoms with van der Waals surface area (Å²) in [7, 11) is 0. The van der Waals surface area contributed by atoms with Crippen LogP contribution < -0.4 is 5.73 Å². The van der Waals surface area contributed by atoms with Crippen LogP contribution in [0.4, 0.5) is 0 Å². The molecule has 2 rings (SSSR count). The molecule has 0 saturated carbocycles. The van der Waals surface area contributed by atoms with Gasteiger partial charge >= 0.3 is 0 Å². The second kappa shape index (κ2) is 5.91. The summed E-state index contributed by atoms with van der Waals surface area (Å²) in [6.45, 7) is 3.93. The Morgan fingerprint density at radius 1 is 1.11 bits per heavy atom. The van der Waals surface area contributed by atoms with E-state index in [-0.39, 0.29) is 6.04 Å². The highest BCUT2D eigenvalue weighted by Crippen LogP contribution is 2.28. The van der Waals surface area contributed by atoms with Gasteiger partial charge in [0.15, 0.2) is 0 Å². The van der Waals surface area contributed by atoms with Crippen LogP contribution in [-0.4, -0.2) is 4.98 Å². The molecule has 100 valence electrons. The standard InChI is InChI=1S/C15H16Cl2N2/c1-9-6-11(7-10(2)19-9)15(18)8-12-13(16)4-3-5-14(12)17/h3-7,15H,8,18H2,1-2H3. The van der Waals surface area contributed by atoms with Crippen molar-refractivity contribution in [1.29, 1.82) is 0 Å². The van der Waals surface area contributed by atoms with Gasteiger partial charge in [0.2, 0.25) is 0 Å². The summed E-state index contributed by atoms with van der Waals surface area (Å²) in [5.74, 6) is 0. The topological polar surface area (TPSA) is 38.9 Å². The number of hydrogen-bond donors (Lipinski definition) is 1. The van der Waals surface area contributed by atoms with Crippen molar-refractivity contribution in [3.8, 4) is 0 Å². The lowest BCUT2D eigenvalue weighted by Crippen LogP contribution is -2.14. The van der Waals surface area contributed by atoms with E-state index in [0.717, 1.165) is 22.5 Å². The zero-order valence-electron chi connectivity index (χ0n) is 11.0. The van der Waals surface area contributed by atoms with E-state index in [1.165, 1.54) is 0 Å². The molecule has 1 unspecified atom stereocenters. The third kappa shape index (κ3) is 3.47. The van der Waals surface area contributed by atoms with Crippen LogP contribution in [0.3, 0.4) is 0 Å². The number of pyridine rings is 1. The molecule has 0 bridgehead atoms. The number of aryl methyl sites for hydroxylation is 2. The lowest BCUT2D eigenvalue weighted by molar-refractivity contribution is 0.718. The van der Waals surface area contributed by atoms with Crippen molar-refractivity contribution in [3.05, 3.63) is 62.9 Å². The first kappa shape index (κ1) is 14.3. The summed E-state index contributed by atoms with van der Waals surface area (Å²) in [5.41, 5.74) is 10.1. The highest BCUT2D eigenvalue weighted by Gasteiger charge is 2.13. The molecule has 1 heterocycles. The van der Waals surface area contributed by atoms with Crippen LogP contribution in [0.25, 0.3) is 0 Å². The molecule has 4 heteroatoms. The zero-order valence-corrected chi connectivity index (χ0v) is 12.5. The van der Waals surface area contributed by atoms with E-state index < -0.39 is 0 Å². The van der Waals surface area contributed by atoms with E-state index in [9.17, 15) is 0 Å². The molecule has 1 aromatic carbocycles. The van der Waals surface area contributed by atoms with E-state index in [2.05, 4.69) is 4.98 Å². The van der Waals surface area contributed by atoms with Gasteiger partial charge in [-0.2, -0.15) is 0 Å². The van der Waals surface area contributed by atoms with Crippen molar-refractivity contribution in [2.75, 3.05) is 0 Å². The number of hydrogen-bond acceptors (Lipinski definition) is 2. The fraction of sp³-hybridized carbons (Fsp3) is 0.267. The van der Waals surface area contributed by atoms with Crippen molar-refractivity contribution in [3.63, 3.8) is 0 Å². The lowest BCUT2D eigenvalue weighted by Gasteiger charge is -2.15. The third-order valence-corrected chi connectivity index (χ3v) is 3.73. The van der Waals surface area contributed by atoms with Gasteiger partial charge in [-0.25, -0.2) is 0 Å². The van der Waals surface area contributed by atoms with Crippen molar-refractivity contribution >= 4 is 23.2 Å². The van der Waals surface area contributed by atoms with Crippen molar-refractivity contribution in [1.82, 2.24) is 4.98 Å². The number of halogens is 2. The average molecular weight is 295 g/mol. The highest BCUT2D eigenvalue weighted by atomic mass is 35.5. The predicted molar refractivity (Wildman–Crippen MR) is 80.8 cm³/mol. The van der Waals surface area contributed by atoms with Gasteiger partial charge in [-0.1, -0.05) is 29.3 Å². The summed E-state index contributed by atoms with van der Waals surface area (Å²) < 4.78 is 0. The summed E-state index contributed by atoms with van der Waals surface area (Å²) in [4.78, 5) is 4.35. The number of nitrogens with two attached hydrogens (primary N) is 1. The molecule has 0 aliphatic heterocycles. The highest BCUT2D eigenvalue weighted by molar-refractivity contribution is 6.36. The minimum absolute atomic E-state index is 0.141. The molecule has 0 fully saturated rings. The second-order valence-electron chi connectivity index (χ2n) is 4.69. The Kier molecular flexibility index (Phi) is 4.46. The molecule has 1 aromatic heterocycles. The minimum Gasteiger partial charge on any atom is -0.324 e. The Morgan fingerprint density at radius 2 is 1.63 bits per heavy atom. The van der Waals surface area contributed by atoms with Gasteiger partial charge in [0.25, 0.3) is 0 Å². The summed E-state index contributed by atoms with van der Waals surface area (Å²) >= 11 is 12.3. The normalized spacial score (nSPS) is 12.5. The molecule has 0 aliphatic rings. The van der Waals surface area contributed by atoms with Crippen LogP contribution in [0.5, 0.6) is 0 Å². The first-order valence-corrected chi connectivity index (χ1v) is 6.86. The fourth-order valence-corrected chi connectivity index (χ4v) is 2.70. The minimum atomic E-state index is -0.141. The molecule has 0 aliphatic carbocycles. The maximum absolute atomic E-state index is 6.26. The Labute approximate surface area is 123 Å². The van der Waals surface area contributed by atoms with Crippen molar-refractivity contribution in [2.24, 2.45) is 5.73 Å². The molecule has 0 spiro atoms. The smallest absolute Gasteiger partial charge is 0.0453 e. The number of rotatable bonds is 3. The maximum Gasteiger partial charge on any atom is 0.0453 e. The SMILES string of the molecule is Cc1cc(C(N)Cc2c(Cl)cccc2Cl)cc(C)n1. The van der Waals surface area contributed by atoms with Gasteiger partial charge in [-0.3, -0.25) is 4.98 Å². The van der Waals surface area contributed by atoms with Gasteiger partial charge in [-0.15, -0.1) is 0 Å².